The van der Waals surface area contributed by atoms with Gasteiger partial charge in [-0.25, -0.2) is 0 Å². The molecule has 0 aliphatic carbocycles. The lowest BCUT2D eigenvalue weighted by Gasteiger charge is -2.28. The first-order valence-electron chi connectivity index (χ1n) is 7.02. The van der Waals surface area contributed by atoms with Crippen LogP contribution in [-0.4, -0.2) is 44.6 Å². The Bertz CT molecular complexity index is 402. The third kappa shape index (κ3) is 4.63. The van der Waals surface area contributed by atoms with Gasteiger partial charge >= 0.3 is 0 Å². The van der Waals surface area contributed by atoms with E-state index >= 15 is 0 Å². The highest BCUT2D eigenvalue weighted by atomic mass is 127. The molecule has 112 valence electrons. The summed E-state index contributed by atoms with van der Waals surface area (Å²) in [6, 6.07) is 11.2. The summed E-state index contributed by atoms with van der Waals surface area (Å²) < 4.78 is 0. The molecule has 0 radical (unpaired) electrons. The van der Waals surface area contributed by atoms with E-state index in [0.29, 0.717) is 6.04 Å². The molecule has 0 aromatic heterocycles. The third-order valence-corrected chi connectivity index (χ3v) is 3.69. The lowest BCUT2D eigenvalue weighted by molar-refractivity contribution is 0.245. The minimum atomic E-state index is 0. The number of likely N-dealkylation sites (tertiary alicyclic amines) is 1. The van der Waals surface area contributed by atoms with E-state index < -0.39 is 0 Å². The minimum Gasteiger partial charge on any atom is -0.359 e. The van der Waals surface area contributed by atoms with Crippen LogP contribution in [0.1, 0.15) is 24.4 Å². The molecule has 1 unspecified atom stereocenters. The van der Waals surface area contributed by atoms with Crippen molar-refractivity contribution in [2.24, 2.45) is 4.99 Å². The second-order valence-electron chi connectivity index (χ2n) is 4.87. The number of hydrogen-bond donors (Lipinski definition) is 2. The molecule has 0 saturated carbocycles. The molecule has 2 rings (SSSR count). The smallest absolute Gasteiger partial charge is 0.190 e. The first-order valence-corrected chi connectivity index (χ1v) is 7.02. The Morgan fingerprint density at radius 3 is 2.45 bits per heavy atom. The SMILES string of the molecule is CN=C(NC)NCC(c1ccccc1)N1CCCC1.I. The number of rotatable bonds is 4. The normalized spacial score (nSPS) is 17.4. The van der Waals surface area contributed by atoms with Gasteiger partial charge in [0.15, 0.2) is 5.96 Å². The van der Waals surface area contributed by atoms with Crippen molar-refractivity contribution in [3.8, 4) is 0 Å². The largest absolute Gasteiger partial charge is 0.359 e. The summed E-state index contributed by atoms with van der Waals surface area (Å²) in [5, 5.41) is 6.46. The number of halogens is 1. The molecule has 1 heterocycles. The summed E-state index contributed by atoms with van der Waals surface area (Å²) in [6.07, 6.45) is 2.62. The molecule has 1 aromatic carbocycles. The van der Waals surface area contributed by atoms with Gasteiger partial charge in [-0.05, 0) is 31.5 Å². The van der Waals surface area contributed by atoms with E-state index in [0.717, 1.165) is 12.5 Å². The van der Waals surface area contributed by atoms with E-state index in [1.165, 1.54) is 31.5 Å². The van der Waals surface area contributed by atoms with Crippen LogP contribution in [0.4, 0.5) is 0 Å². The molecule has 1 fully saturated rings. The van der Waals surface area contributed by atoms with Crippen LogP contribution in [0.25, 0.3) is 0 Å². The van der Waals surface area contributed by atoms with Gasteiger partial charge in [0.25, 0.3) is 0 Å². The van der Waals surface area contributed by atoms with Crippen molar-refractivity contribution < 1.29 is 0 Å². The lowest BCUT2D eigenvalue weighted by Crippen LogP contribution is -2.41. The van der Waals surface area contributed by atoms with Crippen LogP contribution in [0.3, 0.4) is 0 Å². The van der Waals surface area contributed by atoms with E-state index in [4.69, 9.17) is 0 Å². The van der Waals surface area contributed by atoms with Crippen LogP contribution in [0.15, 0.2) is 35.3 Å². The average Bonchev–Trinajstić information content (AvgIpc) is 2.99. The minimum absolute atomic E-state index is 0. The number of hydrogen-bond acceptors (Lipinski definition) is 2. The molecular formula is C15H25IN4. The number of guanidine groups is 1. The summed E-state index contributed by atoms with van der Waals surface area (Å²) in [5.41, 5.74) is 1.38. The molecular weight excluding hydrogens is 363 g/mol. The zero-order valence-corrected chi connectivity index (χ0v) is 14.6. The van der Waals surface area contributed by atoms with Gasteiger partial charge in [-0.2, -0.15) is 0 Å². The molecule has 2 N–H and O–H groups in total. The van der Waals surface area contributed by atoms with Crippen LogP contribution in [-0.2, 0) is 0 Å². The van der Waals surface area contributed by atoms with Crippen LogP contribution in [0, 0.1) is 0 Å². The van der Waals surface area contributed by atoms with Crippen molar-refractivity contribution in [3.05, 3.63) is 35.9 Å². The summed E-state index contributed by atoms with van der Waals surface area (Å²) >= 11 is 0. The molecule has 1 aromatic rings. The number of benzene rings is 1. The maximum absolute atomic E-state index is 4.17. The van der Waals surface area contributed by atoms with Gasteiger partial charge in [-0.15, -0.1) is 24.0 Å². The Hall–Kier alpha value is -0.820. The van der Waals surface area contributed by atoms with Gasteiger partial charge in [-0.3, -0.25) is 9.89 Å². The van der Waals surface area contributed by atoms with Crippen molar-refractivity contribution in [1.82, 2.24) is 15.5 Å². The molecule has 5 heteroatoms. The van der Waals surface area contributed by atoms with E-state index in [9.17, 15) is 0 Å². The van der Waals surface area contributed by atoms with Gasteiger partial charge in [0, 0.05) is 20.6 Å². The maximum atomic E-state index is 4.17. The topological polar surface area (TPSA) is 39.7 Å². The van der Waals surface area contributed by atoms with Gasteiger partial charge in [0.1, 0.15) is 0 Å². The van der Waals surface area contributed by atoms with Crippen molar-refractivity contribution in [1.29, 1.82) is 0 Å². The fraction of sp³-hybridized carbons (Fsp3) is 0.533. The van der Waals surface area contributed by atoms with Crippen LogP contribution in [0.2, 0.25) is 0 Å². The summed E-state index contributed by atoms with van der Waals surface area (Å²) in [7, 11) is 3.69. The Morgan fingerprint density at radius 2 is 1.90 bits per heavy atom. The van der Waals surface area contributed by atoms with E-state index in [2.05, 4.69) is 50.9 Å². The lowest BCUT2D eigenvalue weighted by atomic mass is 10.1. The fourth-order valence-corrected chi connectivity index (χ4v) is 2.66. The molecule has 1 saturated heterocycles. The number of nitrogens with zero attached hydrogens (tertiary/aromatic N) is 2. The molecule has 1 aliphatic heterocycles. The maximum Gasteiger partial charge on any atom is 0.190 e. The summed E-state index contributed by atoms with van der Waals surface area (Å²) in [6.45, 7) is 3.27. The van der Waals surface area contributed by atoms with Crippen molar-refractivity contribution in [2.75, 3.05) is 33.7 Å². The first kappa shape index (κ1) is 17.2. The van der Waals surface area contributed by atoms with Crippen LogP contribution < -0.4 is 10.6 Å². The number of aliphatic imine (C=N–C) groups is 1. The van der Waals surface area contributed by atoms with E-state index in [1.54, 1.807) is 7.05 Å². The van der Waals surface area contributed by atoms with Gasteiger partial charge in [0.2, 0.25) is 0 Å². The average molecular weight is 388 g/mol. The fourth-order valence-electron chi connectivity index (χ4n) is 2.66. The van der Waals surface area contributed by atoms with E-state index in [1.807, 2.05) is 7.05 Å². The molecule has 0 bridgehead atoms. The van der Waals surface area contributed by atoms with Crippen LogP contribution >= 0.6 is 24.0 Å². The highest BCUT2D eigenvalue weighted by molar-refractivity contribution is 14.0. The molecule has 0 spiro atoms. The standard InChI is InChI=1S/C15H24N4.HI/c1-16-15(17-2)18-12-14(19-10-6-7-11-19)13-8-4-3-5-9-13;/h3-5,8-9,14H,6-7,10-12H2,1-2H3,(H2,16,17,18);1H. The van der Waals surface area contributed by atoms with Gasteiger partial charge < -0.3 is 10.6 Å². The molecule has 20 heavy (non-hydrogen) atoms. The summed E-state index contributed by atoms with van der Waals surface area (Å²) in [5.74, 6) is 0.847. The van der Waals surface area contributed by atoms with Crippen molar-refractivity contribution in [2.45, 2.75) is 18.9 Å². The third-order valence-electron chi connectivity index (χ3n) is 3.69. The molecule has 1 aliphatic rings. The molecule has 4 nitrogen and oxygen atoms in total. The zero-order chi connectivity index (χ0) is 13.5. The zero-order valence-electron chi connectivity index (χ0n) is 12.3. The Kier molecular flexibility index (Phi) is 7.91. The quantitative estimate of drug-likeness (QED) is 0.472. The predicted octanol–water partition coefficient (Wildman–Crippen LogP) is 2.24. The Balaban J connectivity index is 0.00000200. The van der Waals surface area contributed by atoms with Gasteiger partial charge in [0.05, 0.1) is 6.04 Å². The second kappa shape index (κ2) is 9.18. The predicted molar refractivity (Wildman–Crippen MR) is 95.8 cm³/mol. The molecule has 1 atom stereocenters. The van der Waals surface area contributed by atoms with Crippen molar-refractivity contribution >= 4 is 29.9 Å². The second-order valence-corrected chi connectivity index (χ2v) is 4.87. The molecule has 0 amide bonds. The Labute approximate surface area is 139 Å². The van der Waals surface area contributed by atoms with E-state index in [-0.39, 0.29) is 24.0 Å². The number of nitrogens with one attached hydrogen (secondary N) is 2. The highest BCUT2D eigenvalue weighted by Crippen LogP contribution is 2.24. The monoisotopic (exact) mass is 388 g/mol. The first-order chi connectivity index (χ1) is 9.35. The van der Waals surface area contributed by atoms with Crippen LogP contribution in [0.5, 0.6) is 0 Å². The van der Waals surface area contributed by atoms with Crippen molar-refractivity contribution in [3.63, 3.8) is 0 Å². The summed E-state index contributed by atoms with van der Waals surface area (Å²) in [4.78, 5) is 6.74. The van der Waals surface area contributed by atoms with Gasteiger partial charge in [-0.1, -0.05) is 30.3 Å². The Morgan fingerprint density at radius 1 is 1.25 bits per heavy atom. The highest BCUT2D eigenvalue weighted by Gasteiger charge is 2.23.